The van der Waals surface area contributed by atoms with Crippen LogP contribution >= 0.6 is 11.6 Å². The van der Waals surface area contributed by atoms with Gasteiger partial charge in [-0.25, -0.2) is 0 Å². The summed E-state index contributed by atoms with van der Waals surface area (Å²) in [5, 5.41) is 10.7. The smallest absolute Gasteiger partial charge is 0.0735 e. The van der Waals surface area contributed by atoms with Gasteiger partial charge in [0.2, 0.25) is 0 Å². The molecular formula is C12H16ClNO. The van der Waals surface area contributed by atoms with E-state index in [-0.39, 0.29) is 12.0 Å². The molecule has 1 aliphatic rings. The van der Waals surface area contributed by atoms with E-state index in [9.17, 15) is 5.11 Å². The molecule has 0 bridgehead atoms. The summed E-state index contributed by atoms with van der Waals surface area (Å²) in [6.45, 7) is 1.78. The Kier molecular flexibility index (Phi) is 3.29. The summed E-state index contributed by atoms with van der Waals surface area (Å²) in [5.41, 5.74) is 1.16. The molecule has 1 fully saturated rings. The van der Waals surface area contributed by atoms with E-state index in [0.29, 0.717) is 0 Å². The molecule has 3 heteroatoms. The van der Waals surface area contributed by atoms with E-state index in [1.54, 1.807) is 0 Å². The van der Waals surface area contributed by atoms with Gasteiger partial charge in [-0.3, -0.25) is 0 Å². The summed E-state index contributed by atoms with van der Waals surface area (Å²) in [6.07, 6.45) is 0.722. The van der Waals surface area contributed by atoms with Crippen molar-refractivity contribution in [2.24, 2.45) is 0 Å². The Bertz CT molecular complexity index is 342. The number of aliphatic hydroxyl groups excluding tert-OH is 1. The number of nitrogens with zero attached hydrogens (tertiary/aromatic N) is 1. The zero-order chi connectivity index (χ0) is 10.8. The number of piperidine rings is 1. The number of rotatable bonds is 1. The van der Waals surface area contributed by atoms with Crippen LogP contribution in [0.15, 0.2) is 24.3 Å². The van der Waals surface area contributed by atoms with Crippen LogP contribution in [-0.4, -0.2) is 36.2 Å². The monoisotopic (exact) mass is 225 g/mol. The van der Waals surface area contributed by atoms with Crippen LogP contribution in [0.25, 0.3) is 0 Å². The lowest BCUT2D eigenvalue weighted by atomic mass is 9.87. The van der Waals surface area contributed by atoms with Crippen molar-refractivity contribution in [2.75, 3.05) is 20.1 Å². The van der Waals surface area contributed by atoms with Gasteiger partial charge in [0.05, 0.1) is 6.10 Å². The van der Waals surface area contributed by atoms with Crippen LogP contribution in [0, 0.1) is 0 Å². The van der Waals surface area contributed by atoms with E-state index in [1.807, 2.05) is 31.3 Å². The van der Waals surface area contributed by atoms with Crippen LogP contribution in [0.2, 0.25) is 5.02 Å². The van der Waals surface area contributed by atoms with Gasteiger partial charge >= 0.3 is 0 Å². The van der Waals surface area contributed by atoms with Gasteiger partial charge in [0.25, 0.3) is 0 Å². The maximum absolute atomic E-state index is 10.00. The van der Waals surface area contributed by atoms with Crippen molar-refractivity contribution in [1.82, 2.24) is 4.90 Å². The summed E-state index contributed by atoms with van der Waals surface area (Å²) in [7, 11) is 2.04. The highest BCUT2D eigenvalue weighted by atomic mass is 35.5. The third kappa shape index (κ3) is 2.51. The van der Waals surface area contributed by atoms with E-state index in [0.717, 1.165) is 30.1 Å². The SMILES string of the molecule is CN1CC[C@@H](c2cccc(Cl)c2)[C@H](O)C1. The number of β-amino-alcohol motifs (C(OH)–C–C–N with tert-alkyl or cyclic N) is 1. The van der Waals surface area contributed by atoms with E-state index in [1.165, 1.54) is 0 Å². The van der Waals surface area contributed by atoms with Crippen LogP contribution in [0.4, 0.5) is 0 Å². The number of aliphatic hydroxyl groups is 1. The van der Waals surface area contributed by atoms with Gasteiger partial charge < -0.3 is 10.0 Å². The van der Waals surface area contributed by atoms with Gasteiger partial charge in [-0.15, -0.1) is 0 Å². The molecule has 0 amide bonds. The second kappa shape index (κ2) is 4.52. The van der Waals surface area contributed by atoms with Crippen LogP contribution in [-0.2, 0) is 0 Å². The summed E-state index contributed by atoms with van der Waals surface area (Å²) in [6, 6.07) is 7.82. The third-order valence-electron chi connectivity index (χ3n) is 3.06. The second-order valence-electron chi connectivity index (χ2n) is 4.28. The number of hydrogen-bond acceptors (Lipinski definition) is 2. The van der Waals surface area contributed by atoms with Gasteiger partial charge in [-0.1, -0.05) is 23.7 Å². The van der Waals surface area contributed by atoms with Crippen molar-refractivity contribution >= 4 is 11.6 Å². The minimum atomic E-state index is -0.276. The molecule has 1 aromatic carbocycles. The standard InChI is InChI=1S/C12H16ClNO/c1-14-6-5-11(12(15)8-14)9-3-2-4-10(13)7-9/h2-4,7,11-12,15H,5-6,8H2,1H3/t11-,12+/m0/s1. The van der Waals surface area contributed by atoms with Gasteiger partial charge in [0.1, 0.15) is 0 Å². The molecule has 1 N–H and O–H groups in total. The van der Waals surface area contributed by atoms with Gasteiger partial charge in [0.15, 0.2) is 0 Å². The van der Waals surface area contributed by atoms with Crippen molar-refractivity contribution < 1.29 is 5.11 Å². The van der Waals surface area contributed by atoms with E-state index in [4.69, 9.17) is 11.6 Å². The first-order valence-corrected chi connectivity index (χ1v) is 5.66. The fraction of sp³-hybridized carbons (Fsp3) is 0.500. The number of likely N-dealkylation sites (tertiary alicyclic amines) is 1. The topological polar surface area (TPSA) is 23.5 Å². The molecule has 1 saturated heterocycles. The Hall–Kier alpha value is -0.570. The van der Waals surface area contributed by atoms with E-state index in [2.05, 4.69) is 4.90 Å². The second-order valence-corrected chi connectivity index (χ2v) is 4.72. The third-order valence-corrected chi connectivity index (χ3v) is 3.30. The lowest BCUT2D eigenvalue weighted by Gasteiger charge is -2.34. The molecule has 1 heterocycles. The van der Waals surface area contributed by atoms with Crippen molar-refractivity contribution in [1.29, 1.82) is 0 Å². The number of likely N-dealkylation sites (N-methyl/N-ethyl adjacent to an activating group) is 1. The first-order chi connectivity index (χ1) is 7.16. The summed E-state index contributed by atoms with van der Waals surface area (Å²) in [4.78, 5) is 2.16. The van der Waals surface area contributed by atoms with Crippen LogP contribution in [0.5, 0.6) is 0 Å². The van der Waals surface area contributed by atoms with Gasteiger partial charge in [-0.2, -0.15) is 0 Å². The zero-order valence-electron chi connectivity index (χ0n) is 8.86. The fourth-order valence-electron chi connectivity index (χ4n) is 2.22. The summed E-state index contributed by atoms with van der Waals surface area (Å²) >= 11 is 5.95. The normalized spacial score (nSPS) is 27.9. The molecule has 2 rings (SSSR count). The van der Waals surface area contributed by atoms with Gasteiger partial charge in [0, 0.05) is 17.5 Å². The molecule has 0 radical (unpaired) electrons. The molecule has 0 aliphatic carbocycles. The minimum Gasteiger partial charge on any atom is -0.391 e. The lowest BCUT2D eigenvalue weighted by Crippen LogP contribution is -2.40. The first kappa shape index (κ1) is 10.9. The number of halogens is 1. The Balaban J connectivity index is 2.17. The Labute approximate surface area is 95.5 Å². The largest absolute Gasteiger partial charge is 0.391 e. The zero-order valence-corrected chi connectivity index (χ0v) is 9.61. The molecule has 2 atom stereocenters. The Morgan fingerprint density at radius 3 is 2.93 bits per heavy atom. The maximum Gasteiger partial charge on any atom is 0.0735 e. The predicted molar refractivity (Wildman–Crippen MR) is 62.3 cm³/mol. The quantitative estimate of drug-likeness (QED) is 0.792. The number of benzene rings is 1. The van der Waals surface area contributed by atoms with Crippen LogP contribution in [0.3, 0.4) is 0 Å². The summed E-state index contributed by atoms with van der Waals surface area (Å²) < 4.78 is 0. The van der Waals surface area contributed by atoms with Crippen LogP contribution < -0.4 is 0 Å². The summed E-state index contributed by atoms with van der Waals surface area (Å²) in [5.74, 6) is 0.236. The molecule has 0 unspecified atom stereocenters. The average Bonchev–Trinajstić information content (AvgIpc) is 2.17. The van der Waals surface area contributed by atoms with E-state index >= 15 is 0 Å². The first-order valence-electron chi connectivity index (χ1n) is 5.29. The fourth-order valence-corrected chi connectivity index (χ4v) is 2.41. The van der Waals surface area contributed by atoms with Crippen molar-refractivity contribution in [3.05, 3.63) is 34.9 Å². The minimum absolute atomic E-state index is 0.236. The molecule has 0 aromatic heterocycles. The highest BCUT2D eigenvalue weighted by Gasteiger charge is 2.26. The molecule has 1 aromatic rings. The highest BCUT2D eigenvalue weighted by Crippen LogP contribution is 2.29. The van der Waals surface area contributed by atoms with Crippen LogP contribution in [0.1, 0.15) is 17.9 Å². The van der Waals surface area contributed by atoms with E-state index < -0.39 is 0 Å². The molecular weight excluding hydrogens is 210 g/mol. The average molecular weight is 226 g/mol. The molecule has 0 spiro atoms. The molecule has 2 nitrogen and oxygen atoms in total. The predicted octanol–water partition coefficient (Wildman–Crippen LogP) is 2.12. The Morgan fingerprint density at radius 1 is 1.47 bits per heavy atom. The van der Waals surface area contributed by atoms with Crippen molar-refractivity contribution in [3.63, 3.8) is 0 Å². The molecule has 1 aliphatic heterocycles. The number of hydrogen-bond donors (Lipinski definition) is 1. The van der Waals surface area contributed by atoms with Gasteiger partial charge in [-0.05, 0) is 37.7 Å². The molecule has 15 heavy (non-hydrogen) atoms. The molecule has 82 valence electrons. The van der Waals surface area contributed by atoms with Crippen molar-refractivity contribution in [2.45, 2.75) is 18.4 Å². The van der Waals surface area contributed by atoms with Crippen molar-refractivity contribution in [3.8, 4) is 0 Å². The maximum atomic E-state index is 10.00. The lowest BCUT2D eigenvalue weighted by molar-refractivity contribution is 0.0638. The highest BCUT2D eigenvalue weighted by molar-refractivity contribution is 6.30. The Morgan fingerprint density at radius 2 is 2.27 bits per heavy atom. The molecule has 0 saturated carbocycles.